The fourth-order valence-electron chi connectivity index (χ4n) is 5.83. The van der Waals surface area contributed by atoms with Gasteiger partial charge in [-0.05, 0) is 74.6 Å². The molecular formula is C28H34F3N5O2S. The van der Waals surface area contributed by atoms with Crippen LogP contribution in [0.15, 0.2) is 18.2 Å². The number of likely N-dealkylation sites (tertiary alicyclic amines) is 1. The maximum atomic E-state index is 14.1. The number of rotatable bonds is 7. The van der Waals surface area contributed by atoms with Gasteiger partial charge in [-0.25, -0.2) is 0 Å². The van der Waals surface area contributed by atoms with Gasteiger partial charge < -0.3 is 10.0 Å². The number of hydrogen-bond donors (Lipinski definition) is 1. The van der Waals surface area contributed by atoms with Crippen molar-refractivity contribution >= 4 is 17.3 Å². The molecule has 0 amide bonds. The molecule has 11 heteroatoms. The molecule has 0 spiro atoms. The van der Waals surface area contributed by atoms with Crippen LogP contribution in [0, 0.1) is 11.3 Å². The van der Waals surface area contributed by atoms with Crippen LogP contribution < -0.4 is 0 Å². The van der Waals surface area contributed by atoms with E-state index in [4.69, 9.17) is 10.2 Å². The standard InChI is InChI=1S/C28H34F3N5O2S/c1-27(2)10-6-20-22(16-27)35(3)34-24(20)26-33-32-25(39-26)19-5-4-18(21(15-19)28(29,30)31)9-13-36-11-7-17(8-12-36)14-23(37)38/h4-5,15,17H,6-14,16H2,1-3H3,(H,37,38). The van der Waals surface area contributed by atoms with E-state index in [1.165, 1.54) is 23.1 Å². The summed E-state index contributed by atoms with van der Waals surface area (Å²) in [7, 11) is 1.93. The predicted molar refractivity (Wildman–Crippen MR) is 143 cm³/mol. The van der Waals surface area contributed by atoms with Crippen LogP contribution in [-0.2, 0) is 37.3 Å². The van der Waals surface area contributed by atoms with Gasteiger partial charge in [-0.1, -0.05) is 37.3 Å². The third-order valence-corrected chi connectivity index (χ3v) is 9.11. The zero-order chi connectivity index (χ0) is 27.9. The lowest BCUT2D eigenvalue weighted by atomic mass is 9.76. The second kappa shape index (κ2) is 10.6. The molecule has 2 aliphatic rings. The molecule has 5 rings (SSSR count). The quantitative estimate of drug-likeness (QED) is 0.389. The topological polar surface area (TPSA) is 84.1 Å². The van der Waals surface area contributed by atoms with E-state index in [1.54, 1.807) is 12.1 Å². The molecule has 3 heterocycles. The number of fused-ring (bicyclic) bond motifs is 1. The first-order valence-corrected chi connectivity index (χ1v) is 14.2. The second-order valence-electron chi connectivity index (χ2n) is 11.7. The van der Waals surface area contributed by atoms with E-state index in [9.17, 15) is 18.0 Å². The summed E-state index contributed by atoms with van der Waals surface area (Å²) < 4.78 is 44.2. The molecule has 0 bridgehead atoms. The van der Waals surface area contributed by atoms with E-state index in [-0.39, 0.29) is 29.7 Å². The normalized spacial score (nSPS) is 18.3. The Balaban J connectivity index is 1.32. The van der Waals surface area contributed by atoms with Crippen LogP contribution in [0.2, 0.25) is 0 Å². The summed E-state index contributed by atoms with van der Waals surface area (Å²) in [5.74, 6) is -0.654. The number of piperidine rings is 1. The summed E-state index contributed by atoms with van der Waals surface area (Å²) >= 11 is 1.28. The van der Waals surface area contributed by atoms with Crippen LogP contribution in [-0.4, -0.2) is 55.6 Å². The van der Waals surface area contributed by atoms with Crippen LogP contribution in [0.25, 0.3) is 21.3 Å². The highest BCUT2D eigenvalue weighted by Gasteiger charge is 2.35. The summed E-state index contributed by atoms with van der Waals surface area (Å²) in [5.41, 5.74) is 3.35. The van der Waals surface area contributed by atoms with E-state index in [2.05, 4.69) is 28.9 Å². The zero-order valence-corrected chi connectivity index (χ0v) is 23.3. The molecule has 0 saturated carbocycles. The largest absolute Gasteiger partial charge is 0.481 e. The number of halogens is 3. The Morgan fingerprint density at radius 3 is 2.59 bits per heavy atom. The number of carboxylic acid groups (broad SMARTS) is 1. The van der Waals surface area contributed by atoms with Gasteiger partial charge in [0.1, 0.15) is 10.7 Å². The lowest BCUT2D eigenvalue weighted by Crippen LogP contribution is -2.35. The minimum Gasteiger partial charge on any atom is -0.481 e. The summed E-state index contributed by atoms with van der Waals surface area (Å²) in [6.45, 7) is 6.42. The average Bonchev–Trinajstić information content (AvgIpc) is 3.47. The number of benzene rings is 1. The van der Waals surface area contributed by atoms with Crippen LogP contribution in [0.4, 0.5) is 13.2 Å². The van der Waals surface area contributed by atoms with Gasteiger partial charge in [0, 0.05) is 36.8 Å². The van der Waals surface area contributed by atoms with Crippen molar-refractivity contribution in [1.29, 1.82) is 0 Å². The van der Waals surface area contributed by atoms with E-state index in [1.807, 2.05) is 11.7 Å². The highest BCUT2D eigenvalue weighted by molar-refractivity contribution is 7.17. The van der Waals surface area contributed by atoms with Crippen molar-refractivity contribution in [3.05, 3.63) is 40.6 Å². The molecule has 1 fully saturated rings. The molecule has 1 aliphatic heterocycles. The average molecular weight is 562 g/mol. The van der Waals surface area contributed by atoms with Crippen molar-refractivity contribution in [3.8, 4) is 21.3 Å². The number of hydrogen-bond acceptors (Lipinski definition) is 6. The highest BCUT2D eigenvalue weighted by atomic mass is 32.1. The number of aryl methyl sites for hydroxylation is 1. The van der Waals surface area contributed by atoms with Gasteiger partial charge in [-0.15, -0.1) is 10.2 Å². The van der Waals surface area contributed by atoms with Crippen LogP contribution in [0.1, 0.15) is 61.9 Å². The first-order valence-electron chi connectivity index (χ1n) is 13.4. The van der Waals surface area contributed by atoms with Crippen molar-refractivity contribution < 1.29 is 23.1 Å². The molecule has 210 valence electrons. The molecular weight excluding hydrogens is 527 g/mol. The summed E-state index contributed by atoms with van der Waals surface area (Å²) in [4.78, 5) is 13.1. The summed E-state index contributed by atoms with van der Waals surface area (Å²) in [5, 5.41) is 23.3. The van der Waals surface area contributed by atoms with Crippen molar-refractivity contribution in [1.82, 2.24) is 24.9 Å². The third-order valence-electron chi connectivity index (χ3n) is 8.13. The Labute approximate surface area is 230 Å². The summed E-state index contributed by atoms with van der Waals surface area (Å²) in [6, 6.07) is 4.45. The van der Waals surface area contributed by atoms with Gasteiger partial charge in [0.25, 0.3) is 0 Å². The van der Waals surface area contributed by atoms with Gasteiger partial charge in [0.15, 0.2) is 5.01 Å². The second-order valence-corrected chi connectivity index (χ2v) is 12.6. The zero-order valence-electron chi connectivity index (χ0n) is 22.5. The molecule has 0 unspecified atom stereocenters. The number of nitrogens with zero attached hydrogens (tertiary/aromatic N) is 5. The first-order chi connectivity index (χ1) is 18.4. The van der Waals surface area contributed by atoms with Crippen LogP contribution in [0.5, 0.6) is 0 Å². The molecule has 0 radical (unpaired) electrons. The van der Waals surface area contributed by atoms with Crippen LogP contribution in [0.3, 0.4) is 0 Å². The number of aliphatic carboxylic acids is 1. The SMILES string of the molecule is Cn1nc(-c2nnc(-c3ccc(CCN4CCC(CC(=O)O)CC4)c(C(F)(F)F)c3)s2)c2c1CC(C)(C)CC2. The maximum absolute atomic E-state index is 14.1. The Bertz CT molecular complexity index is 1360. The Kier molecular flexibility index (Phi) is 7.58. The number of aromatic nitrogens is 4. The highest BCUT2D eigenvalue weighted by Crippen LogP contribution is 2.41. The molecule has 1 aromatic carbocycles. The predicted octanol–water partition coefficient (Wildman–Crippen LogP) is 5.87. The van der Waals surface area contributed by atoms with Crippen molar-refractivity contribution in [2.24, 2.45) is 18.4 Å². The molecule has 2 aromatic heterocycles. The Morgan fingerprint density at radius 1 is 1.18 bits per heavy atom. The lowest BCUT2D eigenvalue weighted by molar-refractivity contribution is -0.139. The fraction of sp³-hybridized carbons (Fsp3) is 0.571. The maximum Gasteiger partial charge on any atom is 0.416 e. The third kappa shape index (κ3) is 6.19. The Hall–Kier alpha value is -2.79. The van der Waals surface area contributed by atoms with Crippen molar-refractivity contribution in [2.75, 3.05) is 19.6 Å². The van der Waals surface area contributed by atoms with E-state index >= 15 is 0 Å². The van der Waals surface area contributed by atoms with Crippen molar-refractivity contribution in [3.63, 3.8) is 0 Å². The number of carboxylic acids is 1. The van der Waals surface area contributed by atoms with Crippen LogP contribution >= 0.6 is 11.3 Å². The Morgan fingerprint density at radius 2 is 1.90 bits per heavy atom. The lowest BCUT2D eigenvalue weighted by Gasteiger charge is -2.31. The van der Waals surface area contributed by atoms with Gasteiger partial charge >= 0.3 is 12.1 Å². The molecule has 0 atom stereocenters. The molecule has 1 N–H and O–H groups in total. The molecule has 1 aliphatic carbocycles. The van der Waals surface area contributed by atoms with Gasteiger partial charge in [0.2, 0.25) is 0 Å². The first kappa shape index (κ1) is 27.8. The van der Waals surface area contributed by atoms with Crippen molar-refractivity contribution in [2.45, 2.75) is 65.0 Å². The minimum absolute atomic E-state index is 0.143. The smallest absolute Gasteiger partial charge is 0.416 e. The minimum atomic E-state index is -4.49. The number of alkyl halides is 3. The molecule has 1 saturated heterocycles. The van der Waals surface area contributed by atoms with Gasteiger partial charge in [-0.3, -0.25) is 9.48 Å². The van der Waals surface area contributed by atoms with E-state index < -0.39 is 17.7 Å². The molecule has 39 heavy (non-hydrogen) atoms. The molecule has 3 aromatic rings. The van der Waals surface area contributed by atoms with E-state index in [0.717, 1.165) is 43.4 Å². The van der Waals surface area contributed by atoms with E-state index in [0.29, 0.717) is 35.2 Å². The monoisotopic (exact) mass is 561 g/mol. The number of carbonyl (C=O) groups is 1. The summed E-state index contributed by atoms with van der Waals surface area (Å²) in [6.07, 6.45) is 0.320. The van der Waals surface area contributed by atoms with Gasteiger partial charge in [-0.2, -0.15) is 18.3 Å². The van der Waals surface area contributed by atoms with Gasteiger partial charge in [0.05, 0.1) is 5.56 Å². The molecule has 7 nitrogen and oxygen atoms in total. The fourth-order valence-corrected chi connectivity index (χ4v) is 6.68.